The summed E-state index contributed by atoms with van der Waals surface area (Å²) in [6.45, 7) is 2.25. The van der Waals surface area contributed by atoms with Crippen molar-refractivity contribution in [2.45, 2.75) is 23.6 Å². The van der Waals surface area contributed by atoms with Crippen LogP contribution >= 0.6 is 11.3 Å². The van der Waals surface area contributed by atoms with E-state index in [1.54, 1.807) is 24.3 Å². The quantitative estimate of drug-likeness (QED) is 0.551. The van der Waals surface area contributed by atoms with Crippen LogP contribution in [0.25, 0.3) is 0 Å². The summed E-state index contributed by atoms with van der Waals surface area (Å²) in [5.74, 6) is 0. The van der Waals surface area contributed by atoms with E-state index in [2.05, 4.69) is 10.1 Å². The Hall–Kier alpha value is -2.84. The molecule has 1 aromatic heterocycles. The van der Waals surface area contributed by atoms with Gasteiger partial charge in [-0.1, -0.05) is 48.5 Å². The van der Waals surface area contributed by atoms with Gasteiger partial charge in [-0.3, -0.25) is 4.31 Å². The second-order valence-electron chi connectivity index (χ2n) is 6.61. The lowest BCUT2D eigenvalue weighted by molar-refractivity contribution is 0.171. The van der Waals surface area contributed by atoms with Crippen LogP contribution in [0, 0.1) is 0 Å². The van der Waals surface area contributed by atoms with Gasteiger partial charge in [0.05, 0.1) is 18.8 Å². The molecule has 0 aliphatic carbocycles. The van der Waals surface area contributed by atoms with Gasteiger partial charge in [0.15, 0.2) is 0 Å². The molecule has 1 amide bonds. The van der Waals surface area contributed by atoms with Crippen LogP contribution < -0.4 is 9.62 Å². The molecule has 0 unspecified atom stereocenters. The summed E-state index contributed by atoms with van der Waals surface area (Å²) in [7, 11) is -2.48. The number of alkyl carbamates (subject to hydrolysis) is 1. The van der Waals surface area contributed by atoms with Crippen molar-refractivity contribution in [3.05, 3.63) is 83.2 Å². The van der Waals surface area contributed by atoms with Crippen molar-refractivity contribution < 1.29 is 17.9 Å². The number of amides is 1. The number of rotatable bonds is 8. The third kappa shape index (κ3) is 5.01. The number of benzene rings is 2. The van der Waals surface area contributed by atoms with Gasteiger partial charge in [0.25, 0.3) is 10.0 Å². The smallest absolute Gasteiger partial charge is 0.406 e. The molecule has 6 nitrogen and oxygen atoms in total. The van der Waals surface area contributed by atoms with E-state index >= 15 is 0 Å². The van der Waals surface area contributed by atoms with Crippen LogP contribution in [-0.4, -0.2) is 28.2 Å². The van der Waals surface area contributed by atoms with Crippen LogP contribution in [0.15, 0.2) is 77.0 Å². The van der Waals surface area contributed by atoms with E-state index in [0.29, 0.717) is 18.7 Å². The third-order valence-corrected chi connectivity index (χ3v) is 8.13. The molecule has 0 aliphatic rings. The van der Waals surface area contributed by atoms with Crippen molar-refractivity contribution in [2.75, 3.05) is 18.0 Å². The van der Waals surface area contributed by atoms with Crippen molar-refractivity contribution >= 4 is 33.1 Å². The average Bonchev–Trinajstić information content (AvgIpc) is 3.25. The van der Waals surface area contributed by atoms with Gasteiger partial charge >= 0.3 is 6.09 Å². The van der Waals surface area contributed by atoms with Crippen LogP contribution in [0.4, 0.5) is 10.5 Å². The number of nitrogens with zero attached hydrogens (tertiary/aromatic N) is 1. The van der Waals surface area contributed by atoms with E-state index in [9.17, 15) is 13.2 Å². The fourth-order valence-electron chi connectivity index (χ4n) is 3.10. The second-order valence-corrected chi connectivity index (χ2v) is 9.82. The summed E-state index contributed by atoms with van der Waals surface area (Å²) in [6, 6.07) is 21.7. The maximum Gasteiger partial charge on any atom is 0.406 e. The number of anilines is 1. The molecule has 0 saturated heterocycles. The zero-order valence-corrected chi connectivity index (χ0v) is 18.4. The first-order chi connectivity index (χ1) is 14.4. The SMILES string of the molecule is COC(=O)NCCc1ccc(S(=O)(=O)N(c2ccccc2)[C@@H](C)c2ccccc2)s1. The Morgan fingerprint density at radius 2 is 1.67 bits per heavy atom. The van der Waals surface area contributed by atoms with Gasteiger partial charge in [-0.05, 0) is 43.2 Å². The fourth-order valence-corrected chi connectivity index (χ4v) is 6.19. The van der Waals surface area contributed by atoms with Crippen molar-refractivity contribution in [1.29, 1.82) is 0 Å². The van der Waals surface area contributed by atoms with Gasteiger partial charge in [0.1, 0.15) is 4.21 Å². The van der Waals surface area contributed by atoms with Crippen molar-refractivity contribution in [2.24, 2.45) is 0 Å². The number of hydrogen-bond donors (Lipinski definition) is 1. The standard InChI is InChI=1S/C22H24N2O4S2/c1-17(18-9-5-3-6-10-18)24(19-11-7-4-8-12-19)30(26,27)21-14-13-20(29-21)15-16-23-22(25)28-2/h3-14,17H,15-16H2,1-2H3,(H,23,25)/t17-/m0/s1. The molecule has 0 saturated carbocycles. The number of thiophene rings is 1. The van der Waals surface area contributed by atoms with Crippen molar-refractivity contribution in [3.8, 4) is 0 Å². The summed E-state index contributed by atoms with van der Waals surface area (Å²) >= 11 is 1.21. The molecular weight excluding hydrogens is 420 g/mol. The Morgan fingerprint density at radius 3 is 2.30 bits per heavy atom. The monoisotopic (exact) mass is 444 g/mol. The van der Waals surface area contributed by atoms with E-state index in [-0.39, 0.29) is 10.3 Å². The Kier molecular flexibility index (Phi) is 7.12. The lowest BCUT2D eigenvalue weighted by atomic mass is 10.1. The van der Waals surface area contributed by atoms with Crippen LogP contribution in [0.5, 0.6) is 0 Å². The minimum absolute atomic E-state index is 0.266. The first kappa shape index (κ1) is 21.9. The molecule has 0 radical (unpaired) electrons. The van der Waals surface area contributed by atoms with Gasteiger partial charge in [-0.2, -0.15) is 0 Å². The highest BCUT2D eigenvalue weighted by atomic mass is 32.2. The lowest BCUT2D eigenvalue weighted by Crippen LogP contribution is -2.33. The number of hydrogen-bond acceptors (Lipinski definition) is 5. The topological polar surface area (TPSA) is 75.7 Å². The maximum atomic E-state index is 13.6. The predicted octanol–water partition coefficient (Wildman–Crippen LogP) is 4.60. The number of ether oxygens (including phenoxy) is 1. The summed E-state index contributed by atoms with van der Waals surface area (Å²) in [6.07, 6.45) is 0.0147. The average molecular weight is 445 g/mol. The largest absolute Gasteiger partial charge is 0.453 e. The lowest BCUT2D eigenvalue weighted by Gasteiger charge is -2.30. The molecule has 2 aromatic carbocycles. The zero-order valence-electron chi connectivity index (χ0n) is 16.8. The molecule has 0 spiro atoms. The molecule has 8 heteroatoms. The maximum absolute atomic E-state index is 13.6. The zero-order chi connectivity index (χ0) is 21.6. The van der Waals surface area contributed by atoms with Gasteiger partial charge in [-0.25, -0.2) is 13.2 Å². The molecular formula is C22H24N2O4S2. The Bertz CT molecular complexity index is 1070. The number of nitrogens with one attached hydrogen (secondary N) is 1. The van der Waals surface area contributed by atoms with Crippen LogP contribution in [-0.2, 0) is 21.2 Å². The number of methoxy groups -OCH3 is 1. The van der Waals surface area contributed by atoms with E-state index in [0.717, 1.165) is 10.4 Å². The normalized spacial score (nSPS) is 12.2. The van der Waals surface area contributed by atoms with Crippen LogP contribution in [0.1, 0.15) is 23.4 Å². The summed E-state index contributed by atoms with van der Waals surface area (Å²) in [5.41, 5.74) is 1.51. The third-order valence-electron chi connectivity index (χ3n) is 4.62. The first-order valence-electron chi connectivity index (χ1n) is 9.48. The Labute approximate surface area is 181 Å². The van der Waals surface area contributed by atoms with Gasteiger partial charge in [0, 0.05) is 11.4 Å². The molecule has 30 heavy (non-hydrogen) atoms. The Balaban J connectivity index is 1.90. The summed E-state index contributed by atoms with van der Waals surface area (Å²) in [5, 5.41) is 2.60. The number of carbonyl (C=O) groups is 1. The minimum Gasteiger partial charge on any atom is -0.453 e. The Morgan fingerprint density at radius 1 is 1.03 bits per heavy atom. The first-order valence-corrected chi connectivity index (χ1v) is 11.7. The van der Waals surface area contributed by atoms with Crippen molar-refractivity contribution in [3.63, 3.8) is 0 Å². The molecule has 0 fully saturated rings. The molecule has 0 bridgehead atoms. The highest BCUT2D eigenvalue weighted by molar-refractivity contribution is 7.94. The summed E-state index contributed by atoms with van der Waals surface area (Å²) in [4.78, 5) is 12.1. The number of carbonyl (C=O) groups excluding carboxylic acids is 1. The summed E-state index contributed by atoms with van der Waals surface area (Å²) < 4.78 is 33.5. The van der Waals surface area contributed by atoms with E-state index in [1.165, 1.54) is 22.8 Å². The van der Waals surface area contributed by atoms with Crippen LogP contribution in [0.2, 0.25) is 0 Å². The van der Waals surface area contributed by atoms with E-state index in [1.807, 2.05) is 55.5 Å². The van der Waals surface area contributed by atoms with Crippen molar-refractivity contribution in [1.82, 2.24) is 5.32 Å². The molecule has 1 N–H and O–H groups in total. The van der Waals surface area contributed by atoms with Gasteiger partial charge < -0.3 is 10.1 Å². The van der Waals surface area contributed by atoms with E-state index in [4.69, 9.17) is 0 Å². The second kappa shape index (κ2) is 9.77. The molecule has 158 valence electrons. The predicted molar refractivity (Wildman–Crippen MR) is 119 cm³/mol. The highest BCUT2D eigenvalue weighted by Gasteiger charge is 2.31. The molecule has 1 atom stereocenters. The molecule has 3 aromatic rings. The van der Waals surface area contributed by atoms with E-state index < -0.39 is 16.1 Å². The molecule has 1 heterocycles. The van der Waals surface area contributed by atoms with Gasteiger partial charge in [-0.15, -0.1) is 11.3 Å². The van der Waals surface area contributed by atoms with Gasteiger partial charge in [0.2, 0.25) is 0 Å². The number of sulfonamides is 1. The fraction of sp³-hybridized carbons (Fsp3) is 0.227. The molecule has 3 rings (SSSR count). The highest BCUT2D eigenvalue weighted by Crippen LogP contribution is 2.35. The van der Waals surface area contributed by atoms with Crippen LogP contribution in [0.3, 0.4) is 0 Å². The molecule has 0 aliphatic heterocycles. The number of para-hydroxylation sites is 1. The minimum atomic E-state index is -3.79.